The Kier molecular flexibility index (Phi) is 2.87. The average molecular weight is 263 g/mol. The van der Waals surface area contributed by atoms with Crippen molar-refractivity contribution in [3.63, 3.8) is 0 Å². The first-order valence-electron chi connectivity index (χ1n) is 5.93. The molecule has 1 aliphatic heterocycles. The second-order valence-electron chi connectivity index (χ2n) is 4.40. The monoisotopic (exact) mass is 263 g/mol. The van der Waals surface area contributed by atoms with Gasteiger partial charge in [0.05, 0.1) is 0 Å². The fraction of sp³-hybridized carbons (Fsp3) is 0.417. The maximum Gasteiger partial charge on any atom is 0.326 e. The van der Waals surface area contributed by atoms with Gasteiger partial charge in [-0.15, -0.1) is 21.5 Å². The van der Waals surface area contributed by atoms with E-state index >= 15 is 0 Å². The molecule has 2 aromatic rings. The molecule has 1 unspecified atom stereocenters. The molecule has 1 atom stereocenters. The van der Waals surface area contributed by atoms with Gasteiger partial charge in [-0.1, -0.05) is 6.07 Å². The molecule has 0 saturated carbocycles. The van der Waals surface area contributed by atoms with Crippen molar-refractivity contribution < 1.29 is 9.90 Å². The molecular weight excluding hydrogens is 250 g/mol. The zero-order chi connectivity index (χ0) is 12.5. The molecule has 0 fully saturated rings. The van der Waals surface area contributed by atoms with Crippen LogP contribution in [0.2, 0.25) is 0 Å². The third-order valence-corrected chi connectivity index (χ3v) is 4.10. The highest BCUT2D eigenvalue weighted by atomic mass is 32.1. The summed E-state index contributed by atoms with van der Waals surface area (Å²) in [5, 5.41) is 19.6. The van der Waals surface area contributed by atoms with Gasteiger partial charge in [-0.2, -0.15) is 0 Å². The number of fused-ring (bicyclic) bond motifs is 1. The van der Waals surface area contributed by atoms with Crippen LogP contribution < -0.4 is 0 Å². The van der Waals surface area contributed by atoms with Gasteiger partial charge in [0.2, 0.25) is 0 Å². The number of aromatic nitrogens is 3. The zero-order valence-electron chi connectivity index (χ0n) is 9.74. The third kappa shape index (κ3) is 1.92. The molecule has 0 aromatic carbocycles. The van der Waals surface area contributed by atoms with Crippen LogP contribution in [0.15, 0.2) is 17.5 Å². The number of thiophene rings is 1. The first-order valence-corrected chi connectivity index (χ1v) is 6.81. The van der Waals surface area contributed by atoms with Crippen molar-refractivity contribution in [3.05, 3.63) is 34.0 Å². The van der Waals surface area contributed by atoms with Gasteiger partial charge in [0.15, 0.2) is 0 Å². The summed E-state index contributed by atoms with van der Waals surface area (Å²) >= 11 is 1.65. The summed E-state index contributed by atoms with van der Waals surface area (Å²) in [7, 11) is 0. The van der Waals surface area contributed by atoms with Crippen LogP contribution in [0.25, 0.3) is 0 Å². The fourth-order valence-corrected chi connectivity index (χ4v) is 3.10. The number of carbonyl (C=O) groups is 1. The molecule has 18 heavy (non-hydrogen) atoms. The minimum Gasteiger partial charge on any atom is -0.480 e. The van der Waals surface area contributed by atoms with E-state index < -0.39 is 12.0 Å². The first-order chi connectivity index (χ1) is 8.75. The lowest BCUT2D eigenvalue weighted by atomic mass is 10.0. The molecule has 0 spiro atoms. The largest absolute Gasteiger partial charge is 0.480 e. The lowest BCUT2D eigenvalue weighted by Crippen LogP contribution is -2.26. The molecule has 2 aromatic heterocycles. The molecule has 0 radical (unpaired) electrons. The first kappa shape index (κ1) is 11.4. The Morgan fingerprint density at radius 3 is 3.17 bits per heavy atom. The summed E-state index contributed by atoms with van der Waals surface area (Å²) in [5.74, 6) is 0.780. The molecule has 0 amide bonds. The van der Waals surface area contributed by atoms with Crippen LogP contribution in [-0.4, -0.2) is 25.8 Å². The van der Waals surface area contributed by atoms with E-state index in [1.165, 1.54) is 4.88 Å². The number of carboxylic acid groups (broad SMARTS) is 1. The summed E-state index contributed by atoms with van der Waals surface area (Å²) in [4.78, 5) is 12.5. The number of nitrogens with zero attached hydrogens (tertiary/aromatic N) is 3. The van der Waals surface area contributed by atoms with Crippen molar-refractivity contribution in [2.75, 3.05) is 0 Å². The molecule has 1 aliphatic rings. The van der Waals surface area contributed by atoms with Crippen LogP contribution >= 0.6 is 11.3 Å². The molecule has 0 bridgehead atoms. The number of rotatable bonds is 3. The average Bonchev–Trinajstić information content (AvgIpc) is 2.99. The molecular formula is C12H13N3O2S. The SMILES string of the molecule is O=C(O)C1CCCc2nnc(Cc3cccs3)n21. The van der Waals surface area contributed by atoms with E-state index in [9.17, 15) is 9.90 Å². The van der Waals surface area contributed by atoms with Crippen LogP contribution in [0.1, 0.15) is 35.4 Å². The fourth-order valence-electron chi connectivity index (χ4n) is 2.40. The second kappa shape index (κ2) is 4.53. The number of aliphatic carboxylic acids is 1. The third-order valence-electron chi connectivity index (χ3n) is 3.22. The Hall–Kier alpha value is -1.69. The van der Waals surface area contributed by atoms with Crippen LogP contribution in [0.3, 0.4) is 0 Å². The molecule has 1 N–H and O–H groups in total. The minimum atomic E-state index is -0.789. The van der Waals surface area contributed by atoms with Crippen molar-refractivity contribution in [2.24, 2.45) is 0 Å². The normalized spacial score (nSPS) is 18.6. The quantitative estimate of drug-likeness (QED) is 0.918. The number of carboxylic acids is 1. The van der Waals surface area contributed by atoms with Gasteiger partial charge in [0.1, 0.15) is 17.7 Å². The van der Waals surface area contributed by atoms with E-state index in [2.05, 4.69) is 10.2 Å². The van der Waals surface area contributed by atoms with Crippen molar-refractivity contribution in [1.29, 1.82) is 0 Å². The van der Waals surface area contributed by atoms with E-state index in [1.54, 1.807) is 11.3 Å². The van der Waals surface area contributed by atoms with Gasteiger partial charge >= 0.3 is 5.97 Å². The second-order valence-corrected chi connectivity index (χ2v) is 5.44. The summed E-state index contributed by atoms with van der Waals surface area (Å²) in [6.45, 7) is 0. The zero-order valence-corrected chi connectivity index (χ0v) is 10.6. The van der Waals surface area contributed by atoms with E-state index in [1.807, 2.05) is 22.1 Å². The highest BCUT2D eigenvalue weighted by Crippen LogP contribution is 2.27. The van der Waals surface area contributed by atoms with Crippen molar-refractivity contribution >= 4 is 17.3 Å². The van der Waals surface area contributed by atoms with Crippen molar-refractivity contribution in [3.8, 4) is 0 Å². The Bertz CT molecular complexity index is 562. The molecule has 0 saturated heterocycles. The van der Waals surface area contributed by atoms with E-state index in [4.69, 9.17) is 0 Å². The summed E-state index contributed by atoms with van der Waals surface area (Å²) < 4.78 is 1.81. The topological polar surface area (TPSA) is 68.0 Å². The molecule has 5 nitrogen and oxygen atoms in total. The molecule has 0 aliphatic carbocycles. The summed E-state index contributed by atoms with van der Waals surface area (Å²) in [6, 6.07) is 3.52. The lowest BCUT2D eigenvalue weighted by Gasteiger charge is -2.22. The maximum absolute atomic E-state index is 11.3. The predicted octanol–water partition coefficient (Wildman–Crippen LogP) is 1.89. The van der Waals surface area contributed by atoms with Gasteiger partial charge in [-0.25, -0.2) is 4.79 Å². The highest BCUT2D eigenvalue weighted by Gasteiger charge is 2.29. The van der Waals surface area contributed by atoms with Crippen LogP contribution in [0, 0.1) is 0 Å². The Balaban J connectivity index is 1.97. The van der Waals surface area contributed by atoms with Gasteiger partial charge in [-0.05, 0) is 24.3 Å². The van der Waals surface area contributed by atoms with E-state index in [0.717, 1.165) is 24.5 Å². The van der Waals surface area contributed by atoms with Crippen molar-refractivity contribution in [2.45, 2.75) is 31.7 Å². The Morgan fingerprint density at radius 1 is 1.56 bits per heavy atom. The Labute approximate surface area is 108 Å². The summed E-state index contributed by atoms with van der Waals surface area (Å²) in [5.41, 5.74) is 0. The van der Waals surface area contributed by atoms with Crippen LogP contribution in [0.5, 0.6) is 0 Å². The smallest absolute Gasteiger partial charge is 0.326 e. The van der Waals surface area contributed by atoms with Gasteiger partial charge < -0.3 is 9.67 Å². The number of hydrogen-bond acceptors (Lipinski definition) is 4. The Morgan fingerprint density at radius 2 is 2.44 bits per heavy atom. The standard InChI is InChI=1S/C12H13N3O2S/c16-12(17)9-4-1-5-10-13-14-11(15(9)10)7-8-3-2-6-18-8/h2-3,6,9H,1,4-5,7H2,(H,16,17). The molecule has 3 heterocycles. The number of hydrogen-bond donors (Lipinski definition) is 1. The van der Waals surface area contributed by atoms with Crippen LogP contribution in [-0.2, 0) is 17.6 Å². The van der Waals surface area contributed by atoms with Gasteiger partial charge in [0.25, 0.3) is 0 Å². The van der Waals surface area contributed by atoms with Gasteiger partial charge in [0, 0.05) is 17.7 Å². The van der Waals surface area contributed by atoms with E-state index in [-0.39, 0.29) is 0 Å². The molecule has 94 valence electrons. The van der Waals surface area contributed by atoms with Crippen LogP contribution in [0.4, 0.5) is 0 Å². The van der Waals surface area contributed by atoms with Crippen molar-refractivity contribution in [1.82, 2.24) is 14.8 Å². The van der Waals surface area contributed by atoms with E-state index in [0.29, 0.717) is 12.8 Å². The summed E-state index contributed by atoms with van der Waals surface area (Å²) in [6.07, 6.45) is 3.02. The maximum atomic E-state index is 11.3. The highest BCUT2D eigenvalue weighted by molar-refractivity contribution is 7.09. The molecule has 6 heteroatoms. The minimum absolute atomic E-state index is 0.501. The van der Waals surface area contributed by atoms with Gasteiger partial charge in [-0.3, -0.25) is 0 Å². The lowest BCUT2D eigenvalue weighted by molar-refractivity contribution is -0.141. The predicted molar refractivity (Wildman–Crippen MR) is 66.8 cm³/mol. The molecule has 3 rings (SSSR count). The number of aryl methyl sites for hydroxylation is 1.